The Balaban J connectivity index is 1.53. The maximum absolute atomic E-state index is 11.8. The molecule has 166 valence electrons. The number of aliphatic hydroxyl groups excluding tert-OH is 2. The Bertz CT molecular complexity index is 623. The molecule has 29 heavy (non-hydrogen) atoms. The van der Waals surface area contributed by atoms with Gasteiger partial charge in [-0.25, -0.2) is 0 Å². The van der Waals surface area contributed by atoms with Crippen LogP contribution in [0.4, 0.5) is 0 Å². The van der Waals surface area contributed by atoms with Crippen LogP contribution in [0.25, 0.3) is 0 Å². The quantitative estimate of drug-likeness (QED) is 0.658. The second-order valence-electron chi connectivity index (χ2n) is 11.6. The Hall–Kier alpha value is -0.610. The van der Waals surface area contributed by atoms with Crippen LogP contribution in [0.2, 0.25) is 0 Å². The van der Waals surface area contributed by atoms with Crippen LogP contribution in [0.5, 0.6) is 0 Å². The van der Waals surface area contributed by atoms with Crippen LogP contribution < -0.4 is 5.32 Å². The topological polar surface area (TPSA) is 69.6 Å². The van der Waals surface area contributed by atoms with E-state index >= 15 is 0 Å². The highest BCUT2D eigenvalue weighted by atomic mass is 16.3. The Morgan fingerprint density at radius 2 is 1.72 bits per heavy atom. The van der Waals surface area contributed by atoms with Crippen molar-refractivity contribution >= 4 is 5.91 Å². The molecule has 3 N–H and O–H groups in total. The van der Waals surface area contributed by atoms with Gasteiger partial charge in [0.1, 0.15) is 0 Å². The van der Waals surface area contributed by atoms with Gasteiger partial charge in [-0.2, -0.15) is 0 Å². The third kappa shape index (κ3) is 3.46. The van der Waals surface area contributed by atoms with Gasteiger partial charge in [0, 0.05) is 13.5 Å². The first-order chi connectivity index (χ1) is 13.7. The predicted molar refractivity (Wildman–Crippen MR) is 115 cm³/mol. The van der Waals surface area contributed by atoms with Crippen LogP contribution >= 0.6 is 0 Å². The van der Waals surface area contributed by atoms with Crippen molar-refractivity contribution in [2.75, 3.05) is 7.05 Å². The first kappa shape index (κ1) is 21.6. The van der Waals surface area contributed by atoms with Gasteiger partial charge in [0.05, 0.1) is 12.2 Å². The summed E-state index contributed by atoms with van der Waals surface area (Å²) in [7, 11) is 1.73. The van der Waals surface area contributed by atoms with Gasteiger partial charge in [-0.05, 0) is 104 Å². The van der Waals surface area contributed by atoms with Gasteiger partial charge in [0.25, 0.3) is 0 Å². The molecule has 4 aliphatic carbocycles. The van der Waals surface area contributed by atoms with E-state index in [9.17, 15) is 15.0 Å². The fourth-order valence-electron chi connectivity index (χ4n) is 8.86. The molecule has 0 aliphatic heterocycles. The highest BCUT2D eigenvalue weighted by molar-refractivity contribution is 5.75. The van der Waals surface area contributed by atoms with Gasteiger partial charge in [0.15, 0.2) is 0 Å². The molecule has 4 heteroatoms. The lowest BCUT2D eigenvalue weighted by Crippen LogP contribution is -2.58. The van der Waals surface area contributed by atoms with E-state index in [-0.39, 0.29) is 18.1 Å². The first-order valence-corrected chi connectivity index (χ1v) is 12.3. The standard InChI is InChI=1S/C25H43NO3/c1-15(5-8-22(29)26-4)18-6-7-19-23-20(10-12-25(18,19)3)24(2)11-9-17(27)13-16(24)14-21(23)28/h15-21,23,27-28H,5-14H2,1-4H3,(H,26,29)/t15-,16?,17?,18-,19?,20?,21-,23?,24+,25-/m1/s1. The van der Waals surface area contributed by atoms with E-state index in [1.165, 1.54) is 25.7 Å². The number of hydrogen-bond donors (Lipinski definition) is 3. The van der Waals surface area contributed by atoms with Crippen LogP contribution in [0.15, 0.2) is 0 Å². The summed E-state index contributed by atoms with van der Waals surface area (Å²) in [5.41, 5.74) is 0.606. The molecule has 0 heterocycles. The Morgan fingerprint density at radius 3 is 2.45 bits per heavy atom. The van der Waals surface area contributed by atoms with E-state index in [2.05, 4.69) is 26.1 Å². The number of rotatable bonds is 4. The number of carbonyl (C=O) groups is 1. The molecule has 4 fully saturated rings. The molecule has 5 unspecified atom stereocenters. The highest BCUT2D eigenvalue weighted by Crippen LogP contribution is 2.68. The lowest BCUT2D eigenvalue weighted by molar-refractivity contribution is -0.174. The van der Waals surface area contributed by atoms with E-state index in [0.717, 1.165) is 32.1 Å². The number of carbonyl (C=O) groups excluding carboxylic acids is 1. The van der Waals surface area contributed by atoms with Crippen LogP contribution in [0, 0.1) is 46.3 Å². The minimum Gasteiger partial charge on any atom is -0.393 e. The minimum atomic E-state index is -0.201. The van der Waals surface area contributed by atoms with E-state index in [1.54, 1.807) is 7.05 Å². The summed E-state index contributed by atoms with van der Waals surface area (Å²) in [6.07, 6.45) is 10.1. The summed E-state index contributed by atoms with van der Waals surface area (Å²) < 4.78 is 0. The van der Waals surface area contributed by atoms with Crippen molar-refractivity contribution in [3.8, 4) is 0 Å². The summed E-state index contributed by atoms with van der Waals surface area (Å²) in [4.78, 5) is 11.8. The lowest BCUT2D eigenvalue weighted by atomic mass is 9.43. The molecule has 10 atom stereocenters. The van der Waals surface area contributed by atoms with Gasteiger partial charge in [-0.1, -0.05) is 20.8 Å². The summed E-state index contributed by atoms with van der Waals surface area (Å²) in [5.74, 6) is 3.53. The summed E-state index contributed by atoms with van der Waals surface area (Å²) in [6, 6.07) is 0. The predicted octanol–water partition coefficient (Wildman–Crippen LogP) is 4.14. The SMILES string of the molecule is CNC(=O)CC[C@@H](C)[C@H]1CCC2C3C(CC[C@@]21C)[C@@]1(C)CCC(O)CC1C[C@H]3O. The van der Waals surface area contributed by atoms with Crippen LogP contribution in [-0.4, -0.2) is 35.4 Å². The number of amides is 1. The molecule has 0 aromatic heterocycles. The van der Waals surface area contributed by atoms with Gasteiger partial charge in [-0.3, -0.25) is 4.79 Å². The van der Waals surface area contributed by atoms with Crippen molar-refractivity contribution < 1.29 is 15.0 Å². The molecule has 1 amide bonds. The largest absolute Gasteiger partial charge is 0.393 e. The molecular weight excluding hydrogens is 362 g/mol. The smallest absolute Gasteiger partial charge is 0.219 e. The molecule has 4 aliphatic rings. The molecule has 0 aromatic rings. The fourth-order valence-corrected chi connectivity index (χ4v) is 8.86. The van der Waals surface area contributed by atoms with Gasteiger partial charge in [0.2, 0.25) is 5.91 Å². The second-order valence-corrected chi connectivity index (χ2v) is 11.6. The zero-order valence-electron chi connectivity index (χ0n) is 19.0. The summed E-state index contributed by atoms with van der Waals surface area (Å²) in [6.45, 7) is 7.34. The van der Waals surface area contributed by atoms with Crippen molar-refractivity contribution in [1.29, 1.82) is 0 Å². The van der Waals surface area contributed by atoms with E-state index < -0.39 is 0 Å². The third-order valence-corrected chi connectivity index (χ3v) is 10.5. The minimum absolute atomic E-state index is 0.154. The summed E-state index contributed by atoms with van der Waals surface area (Å²) in [5, 5.41) is 24.3. The second kappa shape index (κ2) is 7.82. The monoisotopic (exact) mass is 405 g/mol. The molecule has 4 rings (SSSR count). The molecule has 0 saturated heterocycles. The van der Waals surface area contributed by atoms with Crippen LogP contribution in [0.1, 0.15) is 85.0 Å². The van der Waals surface area contributed by atoms with E-state index in [0.29, 0.717) is 52.8 Å². The Labute approximate surface area is 177 Å². The van der Waals surface area contributed by atoms with E-state index in [4.69, 9.17) is 0 Å². The summed E-state index contributed by atoms with van der Waals surface area (Å²) >= 11 is 0. The van der Waals surface area contributed by atoms with Gasteiger partial charge in [-0.15, -0.1) is 0 Å². The molecule has 4 nitrogen and oxygen atoms in total. The van der Waals surface area contributed by atoms with Gasteiger partial charge >= 0.3 is 0 Å². The average Bonchev–Trinajstić information content (AvgIpc) is 3.04. The van der Waals surface area contributed by atoms with E-state index in [1.807, 2.05) is 0 Å². The molecule has 4 saturated carbocycles. The zero-order valence-corrected chi connectivity index (χ0v) is 19.0. The molecule has 0 radical (unpaired) electrons. The number of fused-ring (bicyclic) bond motifs is 5. The van der Waals surface area contributed by atoms with Crippen molar-refractivity contribution in [3.05, 3.63) is 0 Å². The highest BCUT2D eigenvalue weighted by Gasteiger charge is 2.62. The molecule has 0 bridgehead atoms. The van der Waals surface area contributed by atoms with Crippen molar-refractivity contribution in [2.45, 2.75) is 97.2 Å². The Morgan fingerprint density at radius 1 is 1.03 bits per heavy atom. The zero-order chi connectivity index (χ0) is 21.0. The van der Waals surface area contributed by atoms with Crippen molar-refractivity contribution in [2.24, 2.45) is 46.3 Å². The molecular formula is C25H43NO3. The lowest BCUT2D eigenvalue weighted by Gasteiger charge is -2.62. The third-order valence-electron chi connectivity index (χ3n) is 10.5. The Kier molecular flexibility index (Phi) is 5.83. The maximum atomic E-state index is 11.8. The van der Waals surface area contributed by atoms with Crippen LogP contribution in [-0.2, 0) is 4.79 Å². The number of aliphatic hydroxyl groups is 2. The number of hydrogen-bond acceptors (Lipinski definition) is 3. The average molecular weight is 406 g/mol. The van der Waals surface area contributed by atoms with Crippen LogP contribution in [0.3, 0.4) is 0 Å². The van der Waals surface area contributed by atoms with Crippen molar-refractivity contribution in [1.82, 2.24) is 5.32 Å². The van der Waals surface area contributed by atoms with Crippen molar-refractivity contribution in [3.63, 3.8) is 0 Å². The first-order valence-electron chi connectivity index (χ1n) is 12.3. The fraction of sp³-hybridized carbons (Fsp3) is 0.960. The molecule has 0 aromatic carbocycles. The number of nitrogens with one attached hydrogen (secondary N) is 1. The molecule has 0 spiro atoms. The maximum Gasteiger partial charge on any atom is 0.219 e. The normalized spacial score (nSPS) is 50.2. The van der Waals surface area contributed by atoms with Gasteiger partial charge < -0.3 is 15.5 Å².